The number of rotatable bonds is 2. The summed E-state index contributed by atoms with van der Waals surface area (Å²) in [6.07, 6.45) is 2.17. The lowest BCUT2D eigenvalue weighted by molar-refractivity contribution is -0.143. The van der Waals surface area contributed by atoms with Crippen LogP contribution in [0.4, 0.5) is 4.39 Å². The molecule has 0 radical (unpaired) electrons. The summed E-state index contributed by atoms with van der Waals surface area (Å²) in [6, 6.07) is 6.86. The molecule has 1 fully saturated rings. The first-order valence-electron chi connectivity index (χ1n) is 5.34. The molecule has 0 aromatic heterocycles. The van der Waals surface area contributed by atoms with Gasteiger partial charge in [0.2, 0.25) is 0 Å². The van der Waals surface area contributed by atoms with Crippen molar-refractivity contribution in [1.29, 1.82) is 0 Å². The third-order valence-electron chi connectivity index (χ3n) is 3.05. The summed E-state index contributed by atoms with van der Waals surface area (Å²) in [5.74, 6) is 0.394. The zero-order chi connectivity index (χ0) is 10.7. The Morgan fingerprint density at radius 1 is 1.20 bits per heavy atom. The van der Waals surface area contributed by atoms with Gasteiger partial charge in [-0.3, -0.25) is 0 Å². The number of halogens is 1. The van der Waals surface area contributed by atoms with Gasteiger partial charge in [-0.25, -0.2) is 4.39 Å². The summed E-state index contributed by atoms with van der Waals surface area (Å²) in [5, 5.41) is 1.97. The summed E-state index contributed by atoms with van der Waals surface area (Å²) in [6.45, 7) is 1.91. The number of nitrogens with zero attached hydrogens (tertiary/aromatic N) is 1. The second-order valence-electron chi connectivity index (χ2n) is 3.94. The molecule has 0 atom stereocenters. The van der Waals surface area contributed by atoms with Crippen molar-refractivity contribution < 1.29 is 9.23 Å². The summed E-state index contributed by atoms with van der Waals surface area (Å²) < 4.78 is 12.7. The van der Waals surface area contributed by atoms with Gasteiger partial charge in [-0.2, -0.15) is 5.06 Å². The molecule has 1 aromatic carbocycles. The number of hydrogen-bond donors (Lipinski definition) is 0. The highest BCUT2D eigenvalue weighted by molar-refractivity contribution is 5.20. The molecule has 1 aliphatic heterocycles. The van der Waals surface area contributed by atoms with Gasteiger partial charge in [0.25, 0.3) is 0 Å². The first kappa shape index (κ1) is 10.6. The molecular formula is C12H16FNO. The van der Waals surface area contributed by atoms with Crippen LogP contribution in [0, 0.1) is 5.82 Å². The van der Waals surface area contributed by atoms with E-state index in [4.69, 9.17) is 4.84 Å². The van der Waals surface area contributed by atoms with Crippen molar-refractivity contribution in [3.8, 4) is 0 Å². The number of benzene rings is 1. The predicted octanol–water partition coefficient (Wildman–Crippen LogP) is 2.57. The van der Waals surface area contributed by atoms with Crippen LogP contribution in [0.5, 0.6) is 0 Å². The predicted molar refractivity (Wildman–Crippen MR) is 57.0 cm³/mol. The van der Waals surface area contributed by atoms with E-state index >= 15 is 0 Å². The number of hydrogen-bond acceptors (Lipinski definition) is 2. The van der Waals surface area contributed by atoms with Crippen LogP contribution < -0.4 is 0 Å². The largest absolute Gasteiger partial charge is 0.302 e. The van der Waals surface area contributed by atoms with Crippen molar-refractivity contribution >= 4 is 0 Å². The van der Waals surface area contributed by atoms with Gasteiger partial charge in [-0.1, -0.05) is 12.1 Å². The Bertz CT molecular complexity index is 304. The fourth-order valence-electron chi connectivity index (χ4n) is 2.11. The third kappa shape index (κ3) is 2.55. The molecule has 3 heteroatoms. The molecule has 0 spiro atoms. The molecule has 1 heterocycles. The van der Waals surface area contributed by atoms with Crippen LogP contribution in [0.15, 0.2) is 24.3 Å². The van der Waals surface area contributed by atoms with E-state index in [0.29, 0.717) is 5.92 Å². The van der Waals surface area contributed by atoms with E-state index in [2.05, 4.69) is 0 Å². The Labute approximate surface area is 89.6 Å². The zero-order valence-corrected chi connectivity index (χ0v) is 8.95. The van der Waals surface area contributed by atoms with Gasteiger partial charge in [0.1, 0.15) is 5.82 Å². The lowest BCUT2D eigenvalue weighted by Crippen LogP contribution is -2.31. The van der Waals surface area contributed by atoms with Crippen LogP contribution in [-0.2, 0) is 4.84 Å². The minimum atomic E-state index is -0.159. The van der Waals surface area contributed by atoms with Gasteiger partial charge in [0, 0.05) is 13.1 Å². The summed E-state index contributed by atoms with van der Waals surface area (Å²) in [7, 11) is 1.71. The lowest BCUT2D eigenvalue weighted by Gasteiger charge is -2.30. The van der Waals surface area contributed by atoms with E-state index in [0.717, 1.165) is 25.9 Å². The van der Waals surface area contributed by atoms with E-state index in [1.165, 1.54) is 17.7 Å². The maximum absolute atomic E-state index is 12.7. The second-order valence-corrected chi connectivity index (χ2v) is 3.94. The smallest absolute Gasteiger partial charge is 0.123 e. The van der Waals surface area contributed by atoms with Crippen molar-refractivity contribution in [2.45, 2.75) is 18.8 Å². The summed E-state index contributed by atoms with van der Waals surface area (Å²) in [4.78, 5) is 5.17. The van der Waals surface area contributed by atoms with Crippen LogP contribution in [0.3, 0.4) is 0 Å². The molecule has 15 heavy (non-hydrogen) atoms. The molecule has 0 aliphatic carbocycles. The van der Waals surface area contributed by atoms with E-state index in [1.54, 1.807) is 7.11 Å². The first-order valence-corrected chi connectivity index (χ1v) is 5.34. The van der Waals surface area contributed by atoms with E-state index in [-0.39, 0.29) is 5.82 Å². The van der Waals surface area contributed by atoms with Crippen LogP contribution in [0.2, 0.25) is 0 Å². The van der Waals surface area contributed by atoms with Crippen molar-refractivity contribution in [3.05, 3.63) is 35.6 Å². The highest BCUT2D eigenvalue weighted by atomic mass is 19.1. The highest BCUT2D eigenvalue weighted by Crippen LogP contribution is 2.27. The Hall–Kier alpha value is -0.930. The normalized spacial score (nSPS) is 19.3. The zero-order valence-electron chi connectivity index (χ0n) is 8.95. The van der Waals surface area contributed by atoms with Crippen molar-refractivity contribution in [1.82, 2.24) is 5.06 Å². The molecule has 0 N–H and O–H groups in total. The standard InChI is InChI=1S/C12H16FNO/c1-15-14-8-6-11(7-9-14)10-2-4-12(13)5-3-10/h2-5,11H,6-9H2,1H3. The topological polar surface area (TPSA) is 12.5 Å². The molecule has 2 nitrogen and oxygen atoms in total. The van der Waals surface area contributed by atoms with Gasteiger partial charge in [-0.05, 0) is 36.5 Å². The first-order chi connectivity index (χ1) is 7.29. The highest BCUT2D eigenvalue weighted by Gasteiger charge is 2.20. The summed E-state index contributed by atoms with van der Waals surface area (Å²) in [5.41, 5.74) is 1.24. The van der Waals surface area contributed by atoms with Gasteiger partial charge < -0.3 is 4.84 Å². The molecule has 0 saturated carbocycles. The van der Waals surface area contributed by atoms with E-state index in [9.17, 15) is 4.39 Å². The van der Waals surface area contributed by atoms with Crippen molar-refractivity contribution in [2.24, 2.45) is 0 Å². The van der Waals surface area contributed by atoms with E-state index in [1.807, 2.05) is 17.2 Å². The van der Waals surface area contributed by atoms with Crippen molar-refractivity contribution in [3.63, 3.8) is 0 Å². The molecule has 0 amide bonds. The van der Waals surface area contributed by atoms with E-state index < -0.39 is 0 Å². The fraction of sp³-hybridized carbons (Fsp3) is 0.500. The van der Waals surface area contributed by atoms with Crippen LogP contribution in [-0.4, -0.2) is 25.3 Å². The van der Waals surface area contributed by atoms with Gasteiger partial charge in [0.05, 0.1) is 7.11 Å². The molecule has 0 bridgehead atoms. The third-order valence-corrected chi connectivity index (χ3v) is 3.05. The summed E-state index contributed by atoms with van der Waals surface area (Å²) >= 11 is 0. The molecule has 0 unspecified atom stereocenters. The molecule has 1 aliphatic rings. The Morgan fingerprint density at radius 3 is 2.33 bits per heavy atom. The minimum absolute atomic E-state index is 0.159. The van der Waals surface area contributed by atoms with Gasteiger partial charge >= 0.3 is 0 Å². The quantitative estimate of drug-likeness (QED) is 0.742. The minimum Gasteiger partial charge on any atom is -0.302 e. The number of piperidine rings is 1. The Kier molecular flexibility index (Phi) is 3.34. The SMILES string of the molecule is CON1CCC(c2ccc(F)cc2)CC1. The average Bonchev–Trinajstić information content (AvgIpc) is 2.30. The maximum atomic E-state index is 12.7. The Balaban J connectivity index is 1.98. The maximum Gasteiger partial charge on any atom is 0.123 e. The number of hydroxylamine groups is 2. The fourth-order valence-corrected chi connectivity index (χ4v) is 2.11. The molecule has 82 valence electrons. The molecular weight excluding hydrogens is 193 g/mol. The van der Waals surface area contributed by atoms with Gasteiger partial charge in [-0.15, -0.1) is 0 Å². The monoisotopic (exact) mass is 209 g/mol. The Morgan fingerprint density at radius 2 is 1.80 bits per heavy atom. The van der Waals surface area contributed by atoms with Crippen LogP contribution in [0.1, 0.15) is 24.3 Å². The lowest BCUT2D eigenvalue weighted by atomic mass is 9.90. The van der Waals surface area contributed by atoms with Crippen LogP contribution >= 0.6 is 0 Å². The second kappa shape index (κ2) is 4.73. The molecule has 1 aromatic rings. The average molecular weight is 209 g/mol. The molecule has 2 rings (SSSR count). The van der Waals surface area contributed by atoms with Gasteiger partial charge in [0.15, 0.2) is 0 Å². The van der Waals surface area contributed by atoms with Crippen molar-refractivity contribution in [2.75, 3.05) is 20.2 Å². The molecule has 1 saturated heterocycles. The van der Waals surface area contributed by atoms with Crippen LogP contribution in [0.25, 0.3) is 0 Å².